The van der Waals surface area contributed by atoms with E-state index >= 15 is 0 Å². The van der Waals surface area contributed by atoms with Gasteiger partial charge < -0.3 is 15.4 Å². The van der Waals surface area contributed by atoms with Gasteiger partial charge in [-0.1, -0.05) is 30.6 Å². The van der Waals surface area contributed by atoms with Crippen molar-refractivity contribution in [2.45, 2.75) is 43.9 Å². The zero-order valence-electron chi connectivity index (χ0n) is 15.8. The molecule has 9 heteroatoms. The highest BCUT2D eigenvalue weighted by atomic mass is 32.2. The SMILES string of the molecule is COc1ccc(NC(=O)c2nnc(CSCC(=O)NC3CCCCC3)s2)cc1. The fraction of sp³-hybridized carbons (Fsp3) is 0.474. The first kappa shape index (κ1) is 20.6. The highest BCUT2D eigenvalue weighted by molar-refractivity contribution is 7.99. The van der Waals surface area contributed by atoms with E-state index in [4.69, 9.17) is 4.74 Å². The van der Waals surface area contributed by atoms with Crippen LogP contribution in [0.4, 0.5) is 5.69 Å². The van der Waals surface area contributed by atoms with Crippen molar-refractivity contribution in [3.05, 3.63) is 34.3 Å². The lowest BCUT2D eigenvalue weighted by atomic mass is 9.95. The van der Waals surface area contributed by atoms with E-state index in [0.717, 1.165) is 23.6 Å². The second kappa shape index (κ2) is 10.4. The maximum absolute atomic E-state index is 12.3. The summed E-state index contributed by atoms with van der Waals surface area (Å²) in [5.74, 6) is 1.45. The van der Waals surface area contributed by atoms with E-state index in [2.05, 4.69) is 20.8 Å². The Morgan fingerprint density at radius 3 is 2.64 bits per heavy atom. The van der Waals surface area contributed by atoms with Crippen LogP contribution < -0.4 is 15.4 Å². The number of nitrogens with zero attached hydrogens (tertiary/aromatic N) is 2. The third kappa shape index (κ3) is 6.20. The van der Waals surface area contributed by atoms with Gasteiger partial charge in [0, 0.05) is 17.5 Å². The fourth-order valence-corrected chi connectivity index (χ4v) is 4.63. The number of nitrogens with one attached hydrogen (secondary N) is 2. The summed E-state index contributed by atoms with van der Waals surface area (Å²) in [5, 5.41) is 14.9. The van der Waals surface area contributed by atoms with Gasteiger partial charge in [-0.2, -0.15) is 0 Å². The van der Waals surface area contributed by atoms with E-state index < -0.39 is 0 Å². The minimum atomic E-state index is -0.297. The highest BCUT2D eigenvalue weighted by Gasteiger charge is 2.16. The van der Waals surface area contributed by atoms with Crippen molar-refractivity contribution in [2.24, 2.45) is 0 Å². The summed E-state index contributed by atoms with van der Waals surface area (Å²) in [4.78, 5) is 24.3. The van der Waals surface area contributed by atoms with Crippen LogP contribution in [0.25, 0.3) is 0 Å². The molecule has 1 heterocycles. The summed E-state index contributed by atoms with van der Waals surface area (Å²) >= 11 is 2.73. The number of rotatable bonds is 8. The van der Waals surface area contributed by atoms with Gasteiger partial charge in [-0.05, 0) is 37.1 Å². The number of amides is 2. The van der Waals surface area contributed by atoms with E-state index in [9.17, 15) is 9.59 Å². The van der Waals surface area contributed by atoms with Crippen molar-refractivity contribution in [3.8, 4) is 5.75 Å². The molecule has 7 nitrogen and oxygen atoms in total. The Hall–Kier alpha value is -2.13. The molecule has 0 aliphatic heterocycles. The molecule has 0 spiro atoms. The molecule has 1 aliphatic carbocycles. The van der Waals surface area contributed by atoms with Gasteiger partial charge in [-0.15, -0.1) is 22.0 Å². The maximum Gasteiger partial charge on any atom is 0.286 e. The van der Waals surface area contributed by atoms with Crippen LogP contribution in [0.2, 0.25) is 0 Å². The van der Waals surface area contributed by atoms with Gasteiger partial charge in [0.15, 0.2) is 0 Å². The number of methoxy groups -OCH3 is 1. The molecule has 28 heavy (non-hydrogen) atoms. The van der Waals surface area contributed by atoms with E-state index in [1.807, 2.05) is 0 Å². The van der Waals surface area contributed by atoms with Gasteiger partial charge in [0.1, 0.15) is 10.8 Å². The Balaban J connectivity index is 1.41. The largest absolute Gasteiger partial charge is 0.497 e. The average molecular weight is 421 g/mol. The molecule has 2 aromatic rings. The summed E-state index contributed by atoms with van der Waals surface area (Å²) in [5.41, 5.74) is 0.663. The molecular weight excluding hydrogens is 396 g/mol. The summed E-state index contributed by atoms with van der Waals surface area (Å²) in [6, 6.07) is 7.40. The van der Waals surface area contributed by atoms with Crippen LogP contribution in [0.1, 0.15) is 46.9 Å². The molecule has 150 valence electrons. The zero-order valence-corrected chi connectivity index (χ0v) is 17.4. The quantitative estimate of drug-likeness (QED) is 0.679. The van der Waals surface area contributed by atoms with Crippen LogP contribution >= 0.6 is 23.1 Å². The number of anilines is 1. The molecule has 1 aromatic heterocycles. The molecule has 3 rings (SSSR count). The van der Waals surface area contributed by atoms with Crippen LogP contribution in [0.5, 0.6) is 5.75 Å². The first-order valence-corrected chi connectivity index (χ1v) is 11.3. The molecule has 1 fully saturated rings. The second-order valence-electron chi connectivity index (χ2n) is 6.58. The predicted molar refractivity (Wildman–Crippen MR) is 112 cm³/mol. The molecule has 0 bridgehead atoms. The van der Waals surface area contributed by atoms with Crippen molar-refractivity contribution >= 4 is 40.6 Å². The molecule has 2 amide bonds. The summed E-state index contributed by atoms with van der Waals surface area (Å²) in [7, 11) is 1.59. The van der Waals surface area contributed by atoms with Crippen molar-refractivity contribution in [1.82, 2.24) is 15.5 Å². The normalized spacial score (nSPS) is 14.5. The maximum atomic E-state index is 12.3. The molecule has 0 atom stereocenters. The summed E-state index contributed by atoms with van der Waals surface area (Å²) in [6.07, 6.45) is 5.83. The number of carbonyl (C=O) groups is 2. The average Bonchev–Trinajstić information content (AvgIpc) is 3.18. The number of hydrogen-bond donors (Lipinski definition) is 2. The third-order valence-electron chi connectivity index (χ3n) is 4.44. The second-order valence-corrected chi connectivity index (χ2v) is 8.63. The molecule has 0 radical (unpaired) electrons. The first-order chi connectivity index (χ1) is 13.6. The summed E-state index contributed by atoms with van der Waals surface area (Å²) in [6.45, 7) is 0. The Kier molecular flexibility index (Phi) is 7.67. The molecule has 0 unspecified atom stereocenters. The van der Waals surface area contributed by atoms with E-state index in [1.54, 1.807) is 31.4 Å². The molecule has 1 saturated carbocycles. The topological polar surface area (TPSA) is 93.2 Å². The van der Waals surface area contributed by atoms with Gasteiger partial charge >= 0.3 is 0 Å². The predicted octanol–water partition coefficient (Wildman–Crippen LogP) is 3.48. The lowest BCUT2D eigenvalue weighted by molar-refractivity contribution is -0.119. The Bertz CT molecular complexity index is 789. The van der Waals surface area contributed by atoms with Crippen molar-refractivity contribution in [1.29, 1.82) is 0 Å². The first-order valence-electron chi connectivity index (χ1n) is 9.29. The third-order valence-corrected chi connectivity index (χ3v) is 6.49. The number of hydrogen-bond acceptors (Lipinski definition) is 7. The zero-order chi connectivity index (χ0) is 19.8. The Labute approximate surface area is 172 Å². The van der Waals surface area contributed by atoms with Gasteiger partial charge in [-0.25, -0.2) is 0 Å². The minimum absolute atomic E-state index is 0.0684. The van der Waals surface area contributed by atoms with Gasteiger partial charge in [0.2, 0.25) is 10.9 Å². The van der Waals surface area contributed by atoms with Crippen LogP contribution in [0.3, 0.4) is 0 Å². The lowest BCUT2D eigenvalue weighted by Gasteiger charge is -2.22. The highest BCUT2D eigenvalue weighted by Crippen LogP contribution is 2.20. The van der Waals surface area contributed by atoms with Crippen molar-refractivity contribution in [3.63, 3.8) is 0 Å². The molecular formula is C19H24N4O3S2. The van der Waals surface area contributed by atoms with E-state index in [1.165, 1.54) is 42.4 Å². The number of thioether (sulfide) groups is 1. The van der Waals surface area contributed by atoms with Crippen LogP contribution in [-0.2, 0) is 10.5 Å². The Morgan fingerprint density at radius 1 is 1.18 bits per heavy atom. The van der Waals surface area contributed by atoms with Gasteiger partial charge in [-0.3, -0.25) is 9.59 Å². The van der Waals surface area contributed by atoms with Crippen molar-refractivity contribution in [2.75, 3.05) is 18.2 Å². The number of aromatic nitrogens is 2. The van der Waals surface area contributed by atoms with Gasteiger partial charge in [0.25, 0.3) is 5.91 Å². The van der Waals surface area contributed by atoms with Crippen LogP contribution in [0.15, 0.2) is 24.3 Å². The monoisotopic (exact) mass is 420 g/mol. The van der Waals surface area contributed by atoms with Crippen LogP contribution in [0, 0.1) is 0 Å². The van der Waals surface area contributed by atoms with E-state index in [-0.39, 0.29) is 11.8 Å². The number of carbonyl (C=O) groups excluding carboxylic acids is 2. The molecule has 0 saturated heterocycles. The van der Waals surface area contributed by atoms with Crippen LogP contribution in [-0.4, -0.2) is 40.9 Å². The smallest absolute Gasteiger partial charge is 0.286 e. The minimum Gasteiger partial charge on any atom is -0.497 e. The molecule has 1 aliphatic rings. The fourth-order valence-electron chi connectivity index (χ4n) is 3.01. The number of benzene rings is 1. The summed E-state index contributed by atoms with van der Waals surface area (Å²) < 4.78 is 5.10. The van der Waals surface area contributed by atoms with Gasteiger partial charge in [0.05, 0.1) is 12.9 Å². The Morgan fingerprint density at radius 2 is 1.93 bits per heavy atom. The van der Waals surface area contributed by atoms with E-state index in [0.29, 0.717) is 28.2 Å². The lowest BCUT2D eigenvalue weighted by Crippen LogP contribution is -2.37. The number of ether oxygens (including phenoxy) is 1. The molecule has 2 N–H and O–H groups in total. The standard InChI is InChI=1S/C19H24N4O3S2/c1-26-15-9-7-14(8-10-15)21-18(25)19-23-22-17(28-19)12-27-11-16(24)20-13-5-3-2-4-6-13/h7-10,13H,2-6,11-12H2,1H3,(H,20,24)(H,21,25). The molecule has 1 aromatic carbocycles. The van der Waals surface area contributed by atoms with Crippen molar-refractivity contribution < 1.29 is 14.3 Å².